The zero-order chi connectivity index (χ0) is 13.8. The maximum Gasteiger partial charge on any atom is 0.290 e. The molecule has 1 amide bonds. The summed E-state index contributed by atoms with van der Waals surface area (Å²) in [4.78, 5) is 11.6. The van der Waals surface area contributed by atoms with E-state index in [4.69, 9.17) is 9.26 Å². The first kappa shape index (κ1) is 13.0. The maximum atomic E-state index is 13.3. The second-order valence-electron chi connectivity index (χ2n) is 3.62. The lowest BCUT2D eigenvalue weighted by atomic mass is 10.2. The van der Waals surface area contributed by atoms with Gasteiger partial charge in [0.15, 0.2) is 0 Å². The highest BCUT2D eigenvalue weighted by atomic mass is 19.1. The van der Waals surface area contributed by atoms with E-state index in [-0.39, 0.29) is 23.7 Å². The Hall–Kier alpha value is -2.44. The summed E-state index contributed by atoms with van der Waals surface area (Å²) in [5.41, 5.74) is -0.220. The lowest BCUT2D eigenvalue weighted by molar-refractivity contribution is 0.0913. The third kappa shape index (κ3) is 2.87. The number of methoxy groups -OCH3 is 1. The number of hydrogen-bond donors (Lipinski definition) is 1. The molecule has 2 aromatic rings. The van der Waals surface area contributed by atoms with Crippen LogP contribution in [0.5, 0.6) is 5.88 Å². The Morgan fingerprint density at radius 1 is 1.42 bits per heavy atom. The van der Waals surface area contributed by atoms with Crippen molar-refractivity contribution >= 4 is 5.91 Å². The van der Waals surface area contributed by atoms with Crippen molar-refractivity contribution in [3.05, 3.63) is 47.2 Å². The van der Waals surface area contributed by atoms with Crippen LogP contribution in [0.2, 0.25) is 0 Å². The molecule has 7 heteroatoms. The van der Waals surface area contributed by atoms with Crippen LogP contribution in [-0.4, -0.2) is 18.2 Å². The van der Waals surface area contributed by atoms with Crippen molar-refractivity contribution in [2.24, 2.45) is 0 Å². The summed E-state index contributed by atoms with van der Waals surface area (Å²) in [5.74, 6) is -2.06. The second-order valence-corrected chi connectivity index (χ2v) is 3.62. The number of aromatic nitrogens is 1. The van der Waals surface area contributed by atoms with Crippen LogP contribution in [-0.2, 0) is 6.54 Å². The number of nitrogens with one attached hydrogen (secondary N) is 1. The molecule has 0 spiro atoms. The van der Waals surface area contributed by atoms with Crippen molar-refractivity contribution in [2.75, 3.05) is 7.11 Å². The first-order valence-electron chi connectivity index (χ1n) is 5.33. The molecule has 1 N–H and O–H groups in total. The number of carbonyl (C=O) groups excluding carboxylic acids is 1. The standard InChI is InChI=1S/C12H10F2N2O3/c1-18-11-5-10(19-16-11)12(17)15-6-7-8(13)3-2-4-9(7)14/h2-5H,6H2,1H3,(H,15,17). The Bertz CT molecular complexity index is 578. The highest BCUT2D eigenvalue weighted by molar-refractivity contribution is 5.91. The summed E-state index contributed by atoms with van der Waals surface area (Å²) >= 11 is 0. The molecular formula is C12H10F2N2O3. The van der Waals surface area contributed by atoms with E-state index >= 15 is 0 Å². The molecule has 0 aliphatic rings. The Morgan fingerprint density at radius 3 is 2.68 bits per heavy atom. The predicted octanol–water partition coefficient (Wildman–Crippen LogP) is 1.89. The van der Waals surface area contributed by atoms with Crippen LogP contribution in [0.15, 0.2) is 28.8 Å². The number of hydrogen-bond acceptors (Lipinski definition) is 4. The van der Waals surface area contributed by atoms with Crippen molar-refractivity contribution in [3.63, 3.8) is 0 Å². The van der Waals surface area contributed by atoms with E-state index in [1.807, 2.05) is 0 Å². The molecule has 1 aromatic heterocycles. The normalized spacial score (nSPS) is 10.3. The summed E-state index contributed by atoms with van der Waals surface area (Å²) in [6, 6.07) is 4.74. The summed E-state index contributed by atoms with van der Waals surface area (Å²) < 4.78 is 36.1. The minimum absolute atomic E-state index is 0.103. The van der Waals surface area contributed by atoms with Gasteiger partial charge >= 0.3 is 0 Å². The van der Waals surface area contributed by atoms with Gasteiger partial charge in [0.25, 0.3) is 11.8 Å². The topological polar surface area (TPSA) is 64.4 Å². The molecule has 19 heavy (non-hydrogen) atoms. The molecule has 1 heterocycles. The van der Waals surface area contributed by atoms with Crippen LogP contribution < -0.4 is 10.1 Å². The first-order chi connectivity index (χ1) is 9.11. The molecule has 2 rings (SSSR count). The molecule has 0 saturated heterocycles. The predicted molar refractivity (Wildman–Crippen MR) is 60.6 cm³/mol. The van der Waals surface area contributed by atoms with Crippen LogP contribution in [0, 0.1) is 11.6 Å². The molecule has 1 aromatic carbocycles. The lowest BCUT2D eigenvalue weighted by Gasteiger charge is -2.05. The number of halogens is 2. The molecule has 0 bridgehead atoms. The van der Waals surface area contributed by atoms with Gasteiger partial charge in [0, 0.05) is 12.1 Å². The fourth-order valence-electron chi connectivity index (χ4n) is 1.42. The van der Waals surface area contributed by atoms with Crippen molar-refractivity contribution in [1.82, 2.24) is 10.5 Å². The van der Waals surface area contributed by atoms with Gasteiger partial charge in [0.1, 0.15) is 11.6 Å². The first-order valence-corrected chi connectivity index (χ1v) is 5.33. The summed E-state index contributed by atoms with van der Waals surface area (Å²) in [6.45, 7) is -0.291. The number of carbonyl (C=O) groups is 1. The molecule has 5 nitrogen and oxygen atoms in total. The van der Waals surface area contributed by atoms with Gasteiger partial charge in [-0.05, 0) is 17.3 Å². The van der Waals surface area contributed by atoms with Gasteiger partial charge in [-0.3, -0.25) is 4.79 Å². The molecule has 0 radical (unpaired) electrons. The van der Waals surface area contributed by atoms with Gasteiger partial charge in [-0.1, -0.05) is 6.07 Å². The van der Waals surface area contributed by atoms with Crippen LogP contribution in [0.4, 0.5) is 8.78 Å². The van der Waals surface area contributed by atoms with E-state index in [1.165, 1.54) is 19.2 Å². The maximum absolute atomic E-state index is 13.3. The van der Waals surface area contributed by atoms with Crippen LogP contribution in [0.25, 0.3) is 0 Å². The monoisotopic (exact) mass is 268 g/mol. The molecule has 0 fully saturated rings. The highest BCUT2D eigenvalue weighted by Crippen LogP contribution is 2.13. The Balaban J connectivity index is 2.04. The van der Waals surface area contributed by atoms with E-state index in [0.717, 1.165) is 12.1 Å². The molecule has 100 valence electrons. The third-order valence-electron chi connectivity index (χ3n) is 2.41. The summed E-state index contributed by atoms with van der Waals surface area (Å²) in [7, 11) is 1.37. The molecule has 0 unspecified atom stereocenters. The fourth-order valence-corrected chi connectivity index (χ4v) is 1.42. The average Bonchev–Trinajstić information content (AvgIpc) is 2.86. The highest BCUT2D eigenvalue weighted by Gasteiger charge is 2.15. The molecular weight excluding hydrogens is 258 g/mol. The summed E-state index contributed by atoms with van der Waals surface area (Å²) in [5, 5.41) is 5.77. The van der Waals surface area contributed by atoms with Crippen molar-refractivity contribution in [1.29, 1.82) is 0 Å². The van der Waals surface area contributed by atoms with Crippen LogP contribution in [0.1, 0.15) is 16.1 Å². The molecule has 0 aliphatic heterocycles. The lowest BCUT2D eigenvalue weighted by Crippen LogP contribution is -2.23. The molecule has 0 aliphatic carbocycles. The zero-order valence-corrected chi connectivity index (χ0v) is 9.94. The Labute approximate surface area is 107 Å². The summed E-state index contributed by atoms with van der Waals surface area (Å²) in [6.07, 6.45) is 0. The minimum atomic E-state index is -0.726. The van der Waals surface area contributed by atoms with Crippen molar-refractivity contribution < 1.29 is 22.8 Å². The Morgan fingerprint density at radius 2 is 2.11 bits per heavy atom. The van der Waals surface area contributed by atoms with Crippen molar-refractivity contribution in [2.45, 2.75) is 6.54 Å². The van der Waals surface area contributed by atoms with Gasteiger partial charge in [-0.2, -0.15) is 0 Å². The van der Waals surface area contributed by atoms with Gasteiger partial charge in [-0.25, -0.2) is 8.78 Å². The second kappa shape index (κ2) is 5.47. The van der Waals surface area contributed by atoms with E-state index in [2.05, 4.69) is 10.5 Å². The molecule has 0 atom stereocenters. The van der Waals surface area contributed by atoms with Crippen LogP contribution >= 0.6 is 0 Å². The number of nitrogens with zero attached hydrogens (tertiary/aromatic N) is 1. The quantitative estimate of drug-likeness (QED) is 0.919. The van der Waals surface area contributed by atoms with E-state index in [1.54, 1.807) is 0 Å². The number of amides is 1. The average molecular weight is 268 g/mol. The number of benzene rings is 1. The minimum Gasteiger partial charge on any atom is -0.479 e. The van der Waals surface area contributed by atoms with Gasteiger partial charge in [0.05, 0.1) is 13.2 Å². The Kier molecular flexibility index (Phi) is 3.74. The fraction of sp³-hybridized carbons (Fsp3) is 0.167. The van der Waals surface area contributed by atoms with E-state index < -0.39 is 17.5 Å². The van der Waals surface area contributed by atoms with Crippen LogP contribution in [0.3, 0.4) is 0 Å². The smallest absolute Gasteiger partial charge is 0.290 e. The van der Waals surface area contributed by atoms with Crippen molar-refractivity contribution in [3.8, 4) is 5.88 Å². The number of ether oxygens (including phenoxy) is 1. The molecule has 0 saturated carbocycles. The zero-order valence-electron chi connectivity index (χ0n) is 9.94. The third-order valence-corrected chi connectivity index (χ3v) is 2.41. The van der Waals surface area contributed by atoms with Gasteiger partial charge < -0.3 is 14.6 Å². The van der Waals surface area contributed by atoms with E-state index in [9.17, 15) is 13.6 Å². The SMILES string of the molecule is COc1cc(C(=O)NCc2c(F)cccc2F)on1. The van der Waals surface area contributed by atoms with Gasteiger partial charge in [0.2, 0.25) is 5.76 Å². The van der Waals surface area contributed by atoms with E-state index in [0.29, 0.717) is 0 Å². The largest absolute Gasteiger partial charge is 0.479 e. The number of rotatable bonds is 4. The van der Waals surface area contributed by atoms with Gasteiger partial charge in [-0.15, -0.1) is 0 Å².